The van der Waals surface area contributed by atoms with Gasteiger partial charge in [0.05, 0.1) is 5.60 Å². The molecule has 0 aliphatic heterocycles. The van der Waals surface area contributed by atoms with E-state index in [2.05, 4.69) is 10.3 Å². The highest BCUT2D eigenvalue weighted by Crippen LogP contribution is 2.22. The van der Waals surface area contributed by atoms with Gasteiger partial charge in [-0.25, -0.2) is 0 Å². The molecule has 2 N–H and O–H groups in total. The first kappa shape index (κ1) is 14.4. The summed E-state index contributed by atoms with van der Waals surface area (Å²) in [6.07, 6.45) is 1.99. The summed E-state index contributed by atoms with van der Waals surface area (Å²) in [6, 6.07) is 3.20. The maximum Gasteiger partial charge on any atom is 0.386 e. The molecule has 0 saturated heterocycles. The highest BCUT2D eigenvalue weighted by molar-refractivity contribution is 5.56. The lowest BCUT2D eigenvalue weighted by molar-refractivity contribution is -0.388. The standard InChI is InChI=1S/C12H19N3O3/c1-9(2)7-12(3,16)8-14-10-5-4-6-13-11(10)15(17)18/h4-6,9,14,16H,7-8H2,1-3H3. The smallest absolute Gasteiger partial charge is 0.386 e. The van der Waals surface area contributed by atoms with E-state index in [1.54, 1.807) is 19.1 Å². The van der Waals surface area contributed by atoms with E-state index in [4.69, 9.17) is 0 Å². The Morgan fingerprint density at radius 1 is 1.61 bits per heavy atom. The fourth-order valence-electron chi connectivity index (χ4n) is 1.92. The van der Waals surface area contributed by atoms with E-state index in [1.807, 2.05) is 13.8 Å². The summed E-state index contributed by atoms with van der Waals surface area (Å²) in [5, 5.41) is 23.8. The predicted molar refractivity (Wildman–Crippen MR) is 69.5 cm³/mol. The fraction of sp³-hybridized carbons (Fsp3) is 0.583. The van der Waals surface area contributed by atoms with Crippen molar-refractivity contribution in [2.45, 2.75) is 32.8 Å². The van der Waals surface area contributed by atoms with Gasteiger partial charge in [0.1, 0.15) is 11.9 Å². The van der Waals surface area contributed by atoms with E-state index >= 15 is 0 Å². The summed E-state index contributed by atoms with van der Waals surface area (Å²) < 4.78 is 0. The highest BCUT2D eigenvalue weighted by atomic mass is 16.6. The lowest BCUT2D eigenvalue weighted by atomic mass is 9.94. The zero-order valence-corrected chi connectivity index (χ0v) is 10.9. The minimum absolute atomic E-state index is 0.224. The van der Waals surface area contributed by atoms with Crippen molar-refractivity contribution < 1.29 is 10.0 Å². The van der Waals surface area contributed by atoms with Crippen molar-refractivity contribution in [3.05, 3.63) is 28.4 Å². The van der Waals surface area contributed by atoms with Gasteiger partial charge in [0.25, 0.3) is 0 Å². The third kappa shape index (κ3) is 4.29. The Hall–Kier alpha value is -1.69. The van der Waals surface area contributed by atoms with Crippen LogP contribution in [-0.2, 0) is 0 Å². The Morgan fingerprint density at radius 2 is 2.28 bits per heavy atom. The monoisotopic (exact) mass is 253 g/mol. The van der Waals surface area contributed by atoms with Crippen LogP contribution in [0, 0.1) is 16.0 Å². The van der Waals surface area contributed by atoms with Crippen molar-refractivity contribution in [3.8, 4) is 0 Å². The second-order valence-electron chi connectivity index (χ2n) is 5.08. The van der Waals surface area contributed by atoms with Crippen LogP contribution >= 0.6 is 0 Å². The summed E-state index contributed by atoms with van der Waals surface area (Å²) in [4.78, 5) is 13.9. The van der Waals surface area contributed by atoms with Gasteiger partial charge in [0, 0.05) is 6.54 Å². The fourth-order valence-corrected chi connectivity index (χ4v) is 1.92. The summed E-state index contributed by atoms with van der Waals surface area (Å²) in [5.41, 5.74) is -0.579. The Bertz CT molecular complexity index is 419. The van der Waals surface area contributed by atoms with Crippen molar-refractivity contribution >= 4 is 11.5 Å². The van der Waals surface area contributed by atoms with E-state index in [-0.39, 0.29) is 12.4 Å². The molecule has 0 amide bonds. The van der Waals surface area contributed by atoms with Gasteiger partial charge in [-0.3, -0.25) is 0 Å². The van der Waals surface area contributed by atoms with Crippen molar-refractivity contribution in [1.29, 1.82) is 0 Å². The molecule has 0 bridgehead atoms. The van der Waals surface area contributed by atoms with Gasteiger partial charge in [0.2, 0.25) is 0 Å². The Labute approximate surface area is 106 Å². The molecule has 6 nitrogen and oxygen atoms in total. The van der Waals surface area contributed by atoms with Crippen LogP contribution < -0.4 is 5.32 Å². The van der Waals surface area contributed by atoms with Crippen molar-refractivity contribution in [1.82, 2.24) is 4.98 Å². The summed E-state index contributed by atoms with van der Waals surface area (Å²) in [5.74, 6) is 0.128. The summed E-state index contributed by atoms with van der Waals surface area (Å²) >= 11 is 0. The van der Waals surface area contributed by atoms with Crippen LogP contribution in [0.2, 0.25) is 0 Å². The molecule has 1 aromatic heterocycles. The third-order valence-corrected chi connectivity index (χ3v) is 2.47. The van der Waals surface area contributed by atoms with Crippen LogP contribution in [0.1, 0.15) is 27.2 Å². The van der Waals surface area contributed by atoms with Crippen molar-refractivity contribution in [2.24, 2.45) is 5.92 Å². The van der Waals surface area contributed by atoms with Gasteiger partial charge in [-0.15, -0.1) is 0 Å². The molecule has 1 atom stereocenters. The lowest BCUT2D eigenvalue weighted by Crippen LogP contribution is -2.35. The van der Waals surface area contributed by atoms with Gasteiger partial charge >= 0.3 is 5.82 Å². The molecule has 100 valence electrons. The number of pyridine rings is 1. The molecule has 0 fully saturated rings. The van der Waals surface area contributed by atoms with Crippen LogP contribution in [0.4, 0.5) is 11.5 Å². The van der Waals surface area contributed by atoms with Crippen LogP contribution in [-0.4, -0.2) is 27.2 Å². The van der Waals surface area contributed by atoms with E-state index in [9.17, 15) is 15.2 Å². The molecule has 1 rings (SSSR count). The first-order chi connectivity index (χ1) is 8.32. The van der Waals surface area contributed by atoms with Gasteiger partial charge < -0.3 is 20.5 Å². The van der Waals surface area contributed by atoms with Crippen molar-refractivity contribution in [3.63, 3.8) is 0 Å². The lowest BCUT2D eigenvalue weighted by Gasteiger charge is -2.25. The molecule has 1 heterocycles. The van der Waals surface area contributed by atoms with E-state index < -0.39 is 10.5 Å². The van der Waals surface area contributed by atoms with E-state index in [0.717, 1.165) is 0 Å². The number of rotatable bonds is 6. The molecule has 0 aliphatic carbocycles. The number of anilines is 1. The Kier molecular flexibility index (Phi) is 4.61. The quantitative estimate of drug-likeness (QED) is 0.599. The molecular formula is C12H19N3O3. The minimum atomic E-state index is -0.905. The first-order valence-corrected chi connectivity index (χ1v) is 5.87. The number of nitrogens with one attached hydrogen (secondary N) is 1. The molecular weight excluding hydrogens is 234 g/mol. The predicted octanol–water partition coefficient (Wildman–Crippen LogP) is 2.20. The average molecular weight is 253 g/mol. The summed E-state index contributed by atoms with van der Waals surface area (Å²) in [6.45, 7) is 5.99. The second-order valence-corrected chi connectivity index (χ2v) is 5.08. The molecule has 0 radical (unpaired) electrons. The first-order valence-electron chi connectivity index (χ1n) is 5.87. The molecule has 0 spiro atoms. The number of aromatic nitrogens is 1. The van der Waals surface area contributed by atoms with Gasteiger partial charge in [-0.2, -0.15) is 0 Å². The second kappa shape index (κ2) is 5.77. The maximum atomic E-state index is 10.8. The third-order valence-electron chi connectivity index (χ3n) is 2.47. The minimum Gasteiger partial charge on any atom is -0.388 e. The average Bonchev–Trinajstić information content (AvgIpc) is 2.25. The normalized spacial score (nSPS) is 14.3. The van der Waals surface area contributed by atoms with Gasteiger partial charge in [-0.05, 0) is 41.3 Å². The zero-order chi connectivity index (χ0) is 13.8. The maximum absolute atomic E-state index is 10.8. The van der Waals surface area contributed by atoms with Crippen LogP contribution in [0.25, 0.3) is 0 Å². The number of aliphatic hydroxyl groups is 1. The van der Waals surface area contributed by atoms with Gasteiger partial charge in [0.15, 0.2) is 0 Å². The van der Waals surface area contributed by atoms with Crippen molar-refractivity contribution in [2.75, 3.05) is 11.9 Å². The zero-order valence-electron chi connectivity index (χ0n) is 10.9. The largest absolute Gasteiger partial charge is 0.388 e. The highest BCUT2D eigenvalue weighted by Gasteiger charge is 2.23. The molecule has 0 aliphatic rings. The topological polar surface area (TPSA) is 88.3 Å². The SMILES string of the molecule is CC(C)CC(C)(O)CNc1cccnc1[N+](=O)[O-]. The Balaban J connectivity index is 2.71. The Morgan fingerprint density at radius 3 is 2.83 bits per heavy atom. The van der Waals surface area contributed by atoms with E-state index in [1.165, 1.54) is 6.20 Å². The summed E-state index contributed by atoms with van der Waals surface area (Å²) in [7, 11) is 0. The molecule has 6 heteroatoms. The van der Waals surface area contributed by atoms with Crippen LogP contribution in [0.3, 0.4) is 0 Å². The van der Waals surface area contributed by atoms with Gasteiger partial charge in [-0.1, -0.05) is 13.8 Å². The number of nitro groups is 1. The van der Waals surface area contributed by atoms with E-state index in [0.29, 0.717) is 18.0 Å². The molecule has 0 aromatic carbocycles. The van der Waals surface area contributed by atoms with Crippen LogP contribution in [0.5, 0.6) is 0 Å². The van der Waals surface area contributed by atoms with Crippen LogP contribution in [0.15, 0.2) is 18.3 Å². The molecule has 1 unspecified atom stereocenters. The molecule has 18 heavy (non-hydrogen) atoms. The number of hydrogen-bond acceptors (Lipinski definition) is 5. The number of hydrogen-bond donors (Lipinski definition) is 2. The number of nitrogens with zero attached hydrogens (tertiary/aromatic N) is 2. The molecule has 1 aromatic rings. The molecule has 0 saturated carbocycles.